The first-order chi connectivity index (χ1) is 9.95. The molecule has 0 saturated carbocycles. The highest BCUT2D eigenvalue weighted by molar-refractivity contribution is 7.80. The van der Waals surface area contributed by atoms with Gasteiger partial charge >= 0.3 is 10.4 Å². The van der Waals surface area contributed by atoms with Gasteiger partial charge in [0.15, 0.2) is 0 Å². The molecule has 0 bridgehead atoms. The maximum atomic E-state index is 10.3. The molecule has 0 saturated heterocycles. The van der Waals surface area contributed by atoms with Crippen molar-refractivity contribution in [1.29, 1.82) is 0 Å². The number of hydrogen-bond donors (Lipinski definition) is 1. The van der Waals surface area contributed by atoms with Crippen LogP contribution in [0.2, 0.25) is 0 Å². The van der Waals surface area contributed by atoms with E-state index in [1.54, 1.807) is 0 Å². The Morgan fingerprint density at radius 3 is 1.86 bits per heavy atom. The Bertz CT molecular complexity index is 314. The molecule has 4 nitrogen and oxygen atoms in total. The van der Waals surface area contributed by atoms with E-state index in [1.165, 1.54) is 57.8 Å². The van der Waals surface area contributed by atoms with Crippen molar-refractivity contribution >= 4 is 10.4 Å². The summed E-state index contributed by atoms with van der Waals surface area (Å²) in [7, 11) is -4.25. The second kappa shape index (κ2) is 13.5. The zero-order chi connectivity index (χ0) is 16.0. The van der Waals surface area contributed by atoms with Gasteiger partial charge in [0, 0.05) is 0 Å². The summed E-state index contributed by atoms with van der Waals surface area (Å²) in [5.41, 5.74) is 0. The van der Waals surface area contributed by atoms with E-state index >= 15 is 0 Å². The first-order valence-corrected chi connectivity index (χ1v) is 9.94. The first-order valence-electron chi connectivity index (χ1n) is 8.57. The third-order valence-corrected chi connectivity index (χ3v) is 4.34. The lowest BCUT2D eigenvalue weighted by Crippen LogP contribution is -2.04. The molecule has 128 valence electrons. The van der Waals surface area contributed by atoms with Crippen LogP contribution in [0.15, 0.2) is 0 Å². The van der Waals surface area contributed by atoms with Crippen molar-refractivity contribution in [1.82, 2.24) is 0 Å². The highest BCUT2D eigenvalue weighted by Crippen LogP contribution is 2.17. The third kappa shape index (κ3) is 17.8. The van der Waals surface area contributed by atoms with Crippen molar-refractivity contribution < 1.29 is 17.2 Å². The fraction of sp³-hybridized carbons (Fsp3) is 1.00. The number of rotatable bonds is 15. The molecule has 0 amide bonds. The molecule has 0 aromatic heterocycles. The molecular weight excluding hydrogens is 288 g/mol. The topological polar surface area (TPSA) is 63.6 Å². The van der Waals surface area contributed by atoms with Crippen LogP contribution in [0.5, 0.6) is 0 Å². The molecule has 0 aromatic rings. The summed E-state index contributed by atoms with van der Waals surface area (Å²) in [4.78, 5) is 0. The second-order valence-corrected chi connectivity index (χ2v) is 7.21. The summed E-state index contributed by atoms with van der Waals surface area (Å²) < 4.78 is 33.3. The van der Waals surface area contributed by atoms with E-state index in [0.717, 1.165) is 18.8 Å². The van der Waals surface area contributed by atoms with Crippen molar-refractivity contribution in [3.05, 3.63) is 0 Å². The molecule has 0 radical (unpaired) electrons. The largest absolute Gasteiger partial charge is 0.397 e. The van der Waals surface area contributed by atoms with Gasteiger partial charge in [0.2, 0.25) is 0 Å². The van der Waals surface area contributed by atoms with Gasteiger partial charge in [0.25, 0.3) is 0 Å². The van der Waals surface area contributed by atoms with E-state index in [-0.39, 0.29) is 6.61 Å². The molecule has 0 aliphatic rings. The molecule has 0 spiro atoms. The van der Waals surface area contributed by atoms with Gasteiger partial charge in [0.1, 0.15) is 0 Å². The first kappa shape index (κ1) is 20.9. The lowest BCUT2D eigenvalue weighted by molar-refractivity contribution is 0.261. The molecule has 0 aliphatic heterocycles. The van der Waals surface area contributed by atoms with Crippen LogP contribution in [-0.4, -0.2) is 19.6 Å². The lowest BCUT2D eigenvalue weighted by atomic mass is 9.96. The van der Waals surface area contributed by atoms with E-state index in [4.69, 9.17) is 4.55 Å². The Morgan fingerprint density at radius 1 is 0.857 bits per heavy atom. The Balaban J connectivity index is 3.21. The van der Waals surface area contributed by atoms with Gasteiger partial charge < -0.3 is 0 Å². The van der Waals surface area contributed by atoms with Crippen molar-refractivity contribution in [3.63, 3.8) is 0 Å². The molecule has 0 aliphatic carbocycles. The van der Waals surface area contributed by atoms with Crippen molar-refractivity contribution in [2.24, 2.45) is 5.92 Å². The van der Waals surface area contributed by atoms with E-state index in [0.29, 0.717) is 6.42 Å². The molecule has 0 aromatic carbocycles. The SMILES string of the molecule is CCCCCCC(C)CCCCCCCCOS(=O)(=O)O. The molecule has 1 atom stereocenters. The summed E-state index contributed by atoms with van der Waals surface area (Å²) in [5, 5.41) is 0. The summed E-state index contributed by atoms with van der Waals surface area (Å²) in [5.74, 6) is 0.852. The van der Waals surface area contributed by atoms with E-state index in [2.05, 4.69) is 18.0 Å². The molecule has 0 fully saturated rings. The highest BCUT2D eigenvalue weighted by Gasteiger charge is 2.03. The molecular formula is C16H34O4S. The maximum absolute atomic E-state index is 10.3. The van der Waals surface area contributed by atoms with Crippen LogP contribution >= 0.6 is 0 Å². The fourth-order valence-corrected chi connectivity index (χ4v) is 2.86. The van der Waals surface area contributed by atoms with Gasteiger partial charge in [-0.1, -0.05) is 84.5 Å². The molecule has 0 heterocycles. The zero-order valence-corrected chi connectivity index (χ0v) is 14.7. The fourth-order valence-electron chi connectivity index (χ4n) is 2.53. The van der Waals surface area contributed by atoms with Gasteiger partial charge in [-0.3, -0.25) is 4.55 Å². The van der Waals surface area contributed by atoms with Crippen molar-refractivity contribution in [2.45, 2.75) is 90.9 Å². The van der Waals surface area contributed by atoms with Crippen LogP contribution in [0.3, 0.4) is 0 Å². The van der Waals surface area contributed by atoms with Crippen molar-refractivity contribution in [2.75, 3.05) is 6.61 Å². The normalized spacial score (nSPS) is 13.5. The molecule has 1 unspecified atom stereocenters. The predicted molar refractivity (Wildman–Crippen MR) is 87.7 cm³/mol. The predicted octanol–water partition coefficient (Wildman–Crippen LogP) is 5.14. The van der Waals surface area contributed by atoms with Gasteiger partial charge in [-0.05, 0) is 12.3 Å². The number of hydrogen-bond acceptors (Lipinski definition) is 3. The minimum absolute atomic E-state index is 0.0909. The number of unbranched alkanes of at least 4 members (excludes halogenated alkanes) is 8. The standard InChI is InChI=1S/C16H34O4S/c1-3-4-5-10-13-16(2)14-11-8-6-7-9-12-15-20-21(17,18)19/h16H,3-15H2,1-2H3,(H,17,18,19). The molecule has 0 rings (SSSR count). The Kier molecular flexibility index (Phi) is 13.4. The summed E-state index contributed by atoms with van der Waals surface area (Å²) in [6, 6.07) is 0. The van der Waals surface area contributed by atoms with Crippen LogP contribution in [-0.2, 0) is 14.6 Å². The minimum Gasteiger partial charge on any atom is -0.264 e. The van der Waals surface area contributed by atoms with E-state index in [9.17, 15) is 8.42 Å². The van der Waals surface area contributed by atoms with Gasteiger partial charge in [-0.25, -0.2) is 4.18 Å². The average molecular weight is 323 g/mol. The van der Waals surface area contributed by atoms with E-state index < -0.39 is 10.4 Å². The monoisotopic (exact) mass is 322 g/mol. The van der Waals surface area contributed by atoms with Gasteiger partial charge in [-0.2, -0.15) is 8.42 Å². The smallest absolute Gasteiger partial charge is 0.264 e. The van der Waals surface area contributed by atoms with Crippen LogP contribution in [0.4, 0.5) is 0 Å². The average Bonchev–Trinajstić information content (AvgIpc) is 2.40. The zero-order valence-electron chi connectivity index (χ0n) is 13.8. The molecule has 21 heavy (non-hydrogen) atoms. The minimum atomic E-state index is -4.25. The Hall–Kier alpha value is -0.130. The third-order valence-electron chi connectivity index (χ3n) is 3.87. The van der Waals surface area contributed by atoms with Crippen LogP contribution in [0.25, 0.3) is 0 Å². The quantitative estimate of drug-likeness (QED) is 0.335. The summed E-state index contributed by atoms with van der Waals surface area (Å²) in [6.07, 6.45) is 14.7. The highest BCUT2D eigenvalue weighted by atomic mass is 32.3. The Labute approximate surface area is 131 Å². The van der Waals surface area contributed by atoms with Crippen LogP contribution in [0, 0.1) is 5.92 Å². The van der Waals surface area contributed by atoms with Gasteiger partial charge in [0.05, 0.1) is 6.61 Å². The summed E-state index contributed by atoms with van der Waals surface area (Å²) >= 11 is 0. The Morgan fingerprint density at radius 2 is 1.33 bits per heavy atom. The van der Waals surface area contributed by atoms with E-state index in [1.807, 2.05) is 0 Å². The van der Waals surface area contributed by atoms with Crippen molar-refractivity contribution in [3.8, 4) is 0 Å². The molecule has 5 heteroatoms. The summed E-state index contributed by atoms with van der Waals surface area (Å²) in [6.45, 7) is 4.70. The van der Waals surface area contributed by atoms with Crippen LogP contribution in [0.1, 0.15) is 90.9 Å². The lowest BCUT2D eigenvalue weighted by Gasteiger charge is -2.10. The molecule has 1 N–H and O–H groups in total. The van der Waals surface area contributed by atoms with Crippen LogP contribution < -0.4 is 0 Å². The second-order valence-electron chi connectivity index (χ2n) is 6.11. The maximum Gasteiger partial charge on any atom is 0.397 e. The van der Waals surface area contributed by atoms with Gasteiger partial charge in [-0.15, -0.1) is 0 Å².